The highest BCUT2D eigenvalue weighted by molar-refractivity contribution is 6.32. The molecule has 0 aliphatic rings. The predicted octanol–water partition coefficient (Wildman–Crippen LogP) is 3.46. The van der Waals surface area contributed by atoms with Crippen LogP contribution in [0.3, 0.4) is 0 Å². The largest absolute Gasteiger partial charge is 0.489 e. The average molecular weight is 369 g/mol. The van der Waals surface area contributed by atoms with Crippen molar-refractivity contribution in [3.8, 4) is 5.75 Å². The van der Waals surface area contributed by atoms with Gasteiger partial charge < -0.3 is 4.74 Å². The molecule has 0 fully saturated rings. The summed E-state index contributed by atoms with van der Waals surface area (Å²) in [4.78, 5) is 11.8. The van der Waals surface area contributed by atoms with E-state index in [0.717, 1.165) is 21.6 Å². The van der Waals surface area contributed by atoms with E-state index in [1.54, 1.807) is 6.21 Å². The summed E-state index contributed by atoms with van der Waals surface area (Å²) >= 11 is 6.00. The maximum atomic E-state index is 11.8. The van der Waals surface area contributed by atoms with Crippen molar-refractivity contribution in [1.82, 2.24) is 9.78 Å². The molecule has 1 N–H and O–H groups in total. The molecule has 6 nitrogen and oxygen atoms in total. The third kappa shape index (κ3) is 4.29. The van der Waals surface area contributed by atoms with Gasteiger partial charge in [0.15, 0.2) is 0 Å². The molecule has 0 aliphatic carbocycles. The molecule has 1 heterocycles. The molecule has 3 rings (SSSR count). The first-order chi connectivity index (χ1) is 12.6. The van der Waals surface area contributed by atoms with Crippen molar-refractivity contribution in [2.24, 2.45) is 12.1 Å². The fraction of sp³-hybridized carbons (Fsp3) is 0.105. The van der Waals surface area contributed by atoms with Crippen LogP contribution in [0.2, 0.25) is 5.02 Å². The van der Waals surface area contributed by atoms with Crippen LogP contribution in [-0.4, -0.2) is 16.0 Å². The molecule has 0 atom stereocenters. The molecule has 0 amide bonds. The second-order valence-corrected chi connectivity index (χ2v) is 5.85. The van der Waals surface area contributed by atoms with E-state index in [-0.39, 0.29) is 10.6 Å². The number of nitrogens with zero attached hydrogens (tertiary/aromatic N) is 3. The summed E-state index contributed by atoms with van der Waals surface area (Å²) in [5.74, 6) is 0.801. The van der Waals surface area contributed by atoms with Gasteiger partial charge in [0.2, 0.25) is 0 Å². The number of anilines is 1. The van der Waals surface area contributed by atoms with Gasteiger partial charge in [-0.15, -0.1) is 0 Å². The number of hydrogen-bond donors (Lipinski definition) is 1. The average Bonchev–Trinajstić information content (AvgIpc) is 2.68. The molecular weight excluding hydrogens is 352 g/mol. The SMILES string of the molecule is Cn1ncc(N/N=C\c2ccccc2COc2ccccc2)c(Cl)c1=O. The van der Waals surface area contributed by atoms with E-state index in [9.17, 15) is 4.79 Å². The van der Waals surface area contributed by atoms with Gasteiger partial charge in [-0.1, -0.05) is 54.1 Å². The van der Waals surface area contributed by atoms with E-state index in [1.807, 2.05) is 54.6 Å². The topological polar surface area (TPSA) is 68.5 Å². The highest BCUT2D eigenvalue weighted by Gasteiger charge is 2.06. The van der Waals surface area contributed by atoms with Gasteiger partial charge in [-0.3, -0.25) is 10.2 Å². The van der Waals surface area contributed by atoms with Crippen molar-refractivity contribution >= 4 is 23.5 Å². The number of aromatic nitrogens is 2. The number of hydrogen-bond acceptors (Lipinski definition) is 5. The number of aryl methyl sites for hydroxylation is 1. The molecule has 2 aromatic carbocycles. The maximum absolute atomic E-state index is 11.8. The summed E-state index contributed by atoms with van der Waals surface area (Å²) < 4.78 is 6.95. The monoisotopic (exact) mass is 368 g/mol. The Morgan fingerprint density at radius 2 is 1.92 bits per heavy atom. The number of hydrazone groups is 1. The van der Waals surface area contributed by atoms with Crippen molar-refractivity contribution in [3.05, 3.63) is 87.3 Å². The zero-order valence-electron chi connectivity index (χ0n) is 14.1. The quantitative estimate of drug-likeness (QED) is 0.534. The summed E-state index contributed by atoms with van der Waals surface area (Å²) in [6, 6.07) is 17.4. The van der Waals surface area contributed by atoms with Gasteiger partial charge in [-0.05, 0) is 17.7 Å². The molecular formula is C19H17ClN4O2. The zero-order valence-corrected chi connectivity index (χ0v) is 14.8. The van der Waals surface area contributed by atoms with Gasteiger partial charge in [-0.25, -0.2) is 4.68 Å². The zero-order chi connectivity index (χ0) is 18.4. The highest BCUT2D eigenvalue weighted by Crippen LogP contribution is 2.16. The Hall–Kier alpha value is -3.12. The van der Waals surface area contributed by atoms with Crippen LogP contribution in [0.1, 0.15) is 11.1 Å². The lowest BCUT2D eigenvalue weighted by molar-refractivity contribution is 0.306. The number of halogens is 1. The van der Waals surface area contributed by atoms with E-state index in [4.69, 9.17) is 16.3 Å². The van der Waals surface area contributed by atoms with Crippen LogP contribution >= 0.6 is 11.6 Å². The lowest BCUT2D eigenvalue weighted by Crippen LogP contribution is -2.20. The summed E-state index contributed by atoms with van der Waals surface area (Å²) in [5, 5.41) is 8.11. The maximum Gasteiger partial charge on any atom is 0.287 e. The van der Waals surface area contributed by atoms with Crippen molar-refractivity contribution in [1.29, 1.82) is 0 Å². The minimum absolute atomic E-state index is 0.0420. The second-order valence-electron chi connectivity index (χ2n) is 5.47. The van der Waals surface area contributed by atoms with Crippen LogP contribution < -0.4 is 15.7 Å². The molecule has 0 spiro atoms. The van der Waals surface area contributed by atoms with Crippen LogP contribution in [0.4, 0.5) is 5.69 Å². The Kier molecular flexibility index (Phi) is 5.66. The van der Waals surface area contributed by atoms with Gasteiger partial charge in [0.05, 0.1) is 12.4 Å². The summed E-state index contributed by atoms with van der Waals surface area (Å²) in [6.07, 6.45) is 3.10. The standard InChI is InChI=1S/C19H17ClN4O2/c1-24-19(25)18(20)17(12-22-24)23-21-11-14-7-5-6-8-15(14)13-26-16-9-3-2-4-10-16/h2-12,23H,13H2,1H3/b21-11-. The summed E-state index contributed by atoms with van der Waals surface area (Å²) in [5.41, 5.74) is 4.59. The molecule has 0 saturated carbocycles. The summed E-state index contributed by atoms with van der Waals surface area (Å²) in [7, 11) is 1.53. The number of benzene rings is 2. The van der Waals surface area contributed by atoms with E-state index in [1.165, 1.54) is 13.2 Å². The Morgan fingerprint density at radius 1 is 1.19 bits per heavy atom. The van der Waals surface area contributed by atoms with Gasteiger partial charge in [0.25, 0.3) is 5.56 Å². The summed E-state index contributed by atoms with van der Waals surface area (Å²) in [6.45, 7) is 0.417. The molecule has 0 saturated heterocycles. The Bertz CT molecular complexity index is 971. The van der Waals surface area contributed by atoms with E-state index >= 15 is 0 Å². The first kappa shape index (κ1) is 17.7. The van der Waals surface area contributed by atoms with Crippen molar-refractivity contribution in [2.45, 2.75) is 6.61 Å². The van der Waals surface area contributed by atoms with E-state index < -0.39 is 0 Å². The van der Waals surface area contributed by atoms with Gasteiger partial charge in [-0.2, -0.15) is 10.2 Å². The molecule has 1 aromatic heterocycles. The number of para-hydroxylation sites is 1. The highest BCUT2D eigenvalue weighted by atomic mass is 35.5. The van der Waals surface area contributed by atoms with Crippen LogP contribution in [-0.2, 0) is 13.7 Å². The Labute approximate surface area is 155 Å². The smallest absolute Gasteiger partial charge is 0.287 e. The van der Waals surface area contributed by atoms with Crippen LogP contribution in [0.25, 0.3) is 0 Å². The molecule has 0 unspecified atom stereocenters. The lowest BCUT2D eigenvalue weighted by Gasteiger charge is -2.09. The third-order valence-corrected chi connectivity index (χ3v) is 4.02. The van der Waals surface area contributed by atoms with Gasteiger partial charge in [0, 0.05) is 12.6 Å². The molecule has 0 radical (unpaired) electrons. The molecule has 0 aliphatic heterocycles. The van der Waals surface area contributed by atoms with Crippen molar-refractivity contribution < 1.29 is 4.74 Å². The van der Waals surface area contributed by atoms with E-state index in [2.05, 4.69) is 15.6 Å². The predicted molar refractivity (Wildman–Crippen MR) is 103 cm³/mol. The van der Waals surface area contributed by atoms with Crippen LogP contribution in [0, 0.1) is 0 Å². The molecule has 26 heavy (non-hydrogen) atoms. The Morgan fingerprint density at radius 3 is 2.73 bits per heavy atom. The fourth-order valence-corrected chi connectivity index (χ4v) is 2.44. The minimum atomic E-state index is -0.386. The van der Waals surface area contributed by atoms with Gasteiger partial charge in [0.1, 0.15) is 23.1 Å². The van der Waals surface area contributed by atoms with Crippen LogP contribution in [0.5, 0.6) is 5.75 Å². The van der Waals surface area contributed by atoms with Crippen LogP contribution in [0.15, 0.2) is 70.7 Å². The van der Waals surface area contributed by atoms with Crippen molar-refractivity contribution in [3.63, 3.8) is 0 Å². The number of rotatable bonds is 6. The molecule has 3 aromatic rings. The number of ether oxygens (including phenoxy) is 1. The normalized spacial score (nSPS) is 10.8. The van der Waals surface area contributed by atoms with Gasteiger partial charge >= 0.3 is 0 Å². The Balaban J connectivity index is 1.71. The fourth-order valence-electron chi connectivity index (χ4n) is 2.23. The number of nitrogens with one attached hydrogen (secondary N) is 1. The third-order valence-electron chi connectivity index (χ3n) is 3.66. The molecule has 7 heteroatoms. The molecule has 132 valence electrons. The lowest BCUT2D eigenvalue weighted by atomic mass is 10.1. The van der Waals surface area contributed by atoms with E-state index in [0.29, 0.717) is 12.3 Å². The van der Waals surface area contributed by atoms with Crippen molar-refractivity contribution in [2.75, 3.05) is 5.43 Å². The first-order valence-electron chi connectivity index (χ1n) is 7.92. The molecule has 0 bridgehead atoms. The minimum Gasteiger partial charge on any atom is -0.489 e. The first-order valence-corrected chi connectivity index (χ1v) is 8.29. The second kappa shape index (κ2) is 8.31.